The Kier molecular flexibility index (Phi) is 3.56. The van der Waals surface area contributed by atoms with Gasteiger partial charge in [0, 0.05) is 6.21 Å². The SMILES string of the molecule is O=C(O)C(C=Nc1ccccc1)C(=O)O. The van der Waals surface area contributed by atoms with Gasteiger partial charge in [0.15, 0.2) is 5.92 Å². The van der Waals surface area contributed by atoms with Crippen molar-refractivity contribution in [1.82, 2.24) is 0 Å². The van der Waals surface area contributed by atoms with E-state index < -0.39 is 17.9 Å². The molecule has 0 aromatic heterocycles. The van der Waals surface area contributed by atoms with E-state index in [9.17, 15) is 9.59 Å². The van der Waals surface area contributed by atoms with E-state index in [1.807, 2.05) is 0 Å². The summed E-state index contributed by atoms with van der Waals surface area (Å²) in [6.07, 6.45) is 0.903. The molecule has 0 spiro atoms. The maximum absolute atomic E-state index is 10.5. The Morgan fingerprint density at radius 2 is 1.67 bits per heavy atom. The number of rotatable bonds is 4. The standard InChI is InChI=1S/C10H9NO4/c12-9(13)8(10(14)15)6-11-7-4-2-1-3-5-7/h1-6,8H,(H,12,13)(H,14,15). The van der Waals surface area contributed by atoms with Crippen LogP contribution in [0.25, 0.3) is 0 Å². The minimum atomic E-state index is -1.61. The van der Waals surface area contributed by atoms with E-state index in [0.29, 0.717) is 5.69 Å². The molecule has 5 nitrogen and oxygen atoms in total. The maximum Gasteiger partial charge on any atom is 0.323 e. The van der Waals surface area contributed by atoms with Crippen molar-refractivity contribution in [2.45, 2.75) is 0 Å². The van der Waals surface area contributed by atoms with Gasteiger partial charge in [-0.1, -0.05) is 18.2 Å². The lowest BCUT2D eigenvalue weighted by atomic mass is 10.2. The lowest BCUT2D eigenvalue weighted by Crippen LogP contribution is -2.24. The molecule has 0 saturated carbocycles. The summed E-state index contributed by atoms with van der Waals surface area (Å²) in [6, 6.07) is 8.53. The molecule has 0 atom stereocenters. The molecule has 0 bridgehead atoms. The molecule has 0 heterocycles. The Labute approximate surface area is 85.7 Å². The summed E-state index contributed by atoms with van der Waals surface area (Å²) >= 11 is 0. The topological polar surface area (TPSA) is 87.0 Å². The van der Waals surface area contributed by atoms with Gasteiger partial charge in [-0.05, 0) is 12.1 Å². The van der Waals surface area contributed by atoms with Crippen LogP contribution in [0.1, 0.15) is 0 Å². The fourth-order valence-electron chi connectivity index (χ4n) is 0.908. The van der Waals surface area contributed by atoms with Gasteiger partial charge in [0.1, 0.15) is 0 Å². The molecular weight excluding hydrogens is 198 g/mol. The second-order valence-corrected chi connectivity index (χ2v) is 2.77. The average molecular weight is 207 g/mol. The minimum Gasteiger partial charge on any atom is -0.480 e. The highest BCUT2D eigenvalue weighted by molar-refractivity contribution is 6.08. The zero-order chi connectivity index (χ0) is 11.3. The summed E-state index contributed by atoms with van der Waals surface area (Å²) in [5.74, 6) is -4.46. The molecule has 0 saturated heterocycles. The smallest absolute Gasteiger partial charge is 0.323 e. The van der Waals surface area contributed by atoms with Crippen molar-refractivity contribution in [2.75, 3.05) is 0 Å². The first-order chi connectivity index (χ1) is 7.11. The molecule has 0 radical (unpaired) electrons. The molecule has 0 fully saturated rings. The van der Waals surface area contributed by atoms with Crippen molar-refractivity contribution >= 4 is 23.8 Å². The number of hydrogen-bond acceptors (Lipinski definition) is 3. The van der Waals surface area contributed by atoms with E-state index in [0.717, 1.165) is 6.21 Å². The third-order valence-corrected chi connectivity index (χ3v) is 1.66. The van der Waals surface area contributed by atoms with E-state index >= 15 is 0 Å². The molecular formula is C10H9NO4. The molecule has 0 unspecified atom stereocenters. The van der Waals surface area contributed by atoms with Gasteiger partial charge < -0.3 is 10.2 Å². The normalized spacial score (nSPS) is 10.7. The highest BCUT2D eigenvalue weighted by Gasteiger charge is 2.23. The van der Waals surface area contributed by atoms with Gasteiger partial charge in [0.05, 0.1) is 5.69 Å². The average Bonchev–Trinajstić information content (AvgIpc) is 2.18. The zero-order valence-corrected chi connectivity index (χ0v) is 7.70. The van der Waals surface area contributed by atoms with Crippen LogP contribution in [0.15, 0.2) is 35.3 Å². The van der Waals surface area contributed by atoms with E-state index in [1.54, 1.807) is 30.3 Å². The van der Waals surface area contributed by atoms with Gasteiger partial charge in [-0.25, -0.2) is 0 Å². The monoisotopic (exact) mass is 207 g/mol. The number of aliphatic carboxylic acids is 2. The number of carbonyl (C=O) groups is 2. The van der Waals surface area contributed by atoms with Crippen LogP contribution in [-0.2, 0) is 9.59 Å². The third kappa shape index (κ3) is 3.22. The van der Waals surface area contributed by atoms with Crippen molar-refractivity contribution in [1.29, 1.82) is 0 Å². The van der Waals surface area contributed by atoms with Crippen LogP contribution in [0.5, 0.6) is 0 Å². The molecule has 0 aliphatic heterocycles. The Bertz CT molecular complexity index is 372. The number of nitrogens with zero attached hydrogens (tertiary/aromatic N) is 1. The molecule has 78 valence electrons. The summed E-state index contributed by atoms with van der Waals surface area (Å²) in [4.78, 5) is 24.7. The molecule has 0 aliphatic rings. The maximum atomic E-state index is 10.5. The number of aliphatic imine (C=N–C) groups is 1. The van der Waals surface area contributed by atoms with Crippen molar-refractivity contribution in [2.24, 2.45) is 10.9 Å². The number of carboxylic acids is 2. The second-order valence-electron chi connectivity index (χ2n) is 2.77. The van der Waals surface area contributed by atoms with Gasteiger partial charge in [-0.3, -0.25) is 14.6 Å². The van der Waals surface area contributed by atoms with Crippen LogP contribution in [0.3, 0.4) is 0 Å². The predicted octanol–water partition coefficient (Wildman–Crippen LogP) is 1.17. The van der Waals surface area contributed by atoms with E-state index in [-0.39, 0.29) is 0 Å². The second kappa shape index (κ2) is 4.90. The third-order valence-electron chi connectivity index (χ3n) is 1.66. The fourth-order valence-corrected chi connectivity index (χ4v) is 0.908. The molecule has 0 amide bonds. The quantitative estimate of drug-likeness (QED) is 0.573. The summed E-state index contributed by atoms with van der Waals surface area (Å²) in [7, 11) is 0. The first-order valence-corrected chi connectivity index (χ1v) is 4.16. The molecule has 2 N–H and O–H groups in total. The van der Waals surface area contributed by atoms with E-state index in [4.69, 9.17) is 10.2 Å². The van der Waals surface area contributed by atoms with Crippen molar-refractivity contribution in [3.8, 4) is 0 Å². The summed E-state index contributed by atoms with van der Waals surface area (Å²) in [5, 5.41) is 17.1. The van der Waals surface area contributed by atoms with Gasteiger partial charge in [-0.15, -0.1) is 0 Å². The zero-order valence-electron chi connectivity index (χ0n) is 7.70. The van der Waals surface area contributed by atoms with E-state index in [1.165, 1.54) is 0 Å². The lowest BCUT2D eigenvalue weighted by Gasteiger charge is -1.99. The highest BCUT2D eigenvalue weighted by Crippen LogP contribution is 2.09. The summed E-state index contributed by atoms with van der Waals surface area (Å²) in [6.45, 7) is 0. The fraction of sp³-hybridized carbons (Fsp3) is 0.100. The largest absolute Gasteiger partial charge is 0.480 e. The Morgan fingerprint density at radius 1 is 1.13 bits per heavy atom. The number of benzene rings is 1. The van der Waals surface area contributed by atoms with Crippen LogP contribution < -0.4 is 0 Å². The Balaban J connectivity index is 2.79. The van der Waals surface area contributed by atoms with Gasteiger partial charge in [0.25, 0.3) is 0 Å². The minimum absolute atomic E-state index is 0.519. The number of para-hydroxylation sites is 1. The Morgan fingerprint density at radius 3 is 2.13 bits per heavy atom. The molecule has 0 aliphatic carbocycles. The molecule has 1 rings (SSSR count). The summed E-state index contributed by atoms with van der Waals surface area (Å²) in [5.41, 5.74) is 0.519. The van der Waals surface area contributed by atoms with Gasteiger partial charge in [0.2, 0.25) is 0 Å². The van der Waals surface area contributed by atoms with Crippen LogP contribution in [0.2, 0.25) is 0 Å². The first kappa shape index (κ1) is 10.9. The van der Waals surface area contributed by atoms with Crippen LogP contribution >= 0.6 is 0 Å². The van der Waals surface area contributed by atoms with Gasteiger partial charge >= 0.3 is 11.9 Å². The molecule has 1 aromatic carbocycles. The molecule has 1 aromatic rings. The van der Waals surface area contributed by atoms with Crippen LogP contribution in [0, 0.1) is 5.92 Å². The van der Waals surface area contributed by atoms with Crippen LogP contribution in [0.4, 0.5) is 5.69 Å². The molecule has 5 heteroatoms. The summed E-state index contributed by atoms with van der Waals surface area (Å²) < 4.78 is 0. The van der Waals surface area contributed by atoms with E-state index in [2.05, 4.69) is 4.99 Å². The predicted molar refractivity (Wildman–Crippen MR) is 53.4 cm³/mol. The number of hydrogen-bond donors (Lipinski definition) is 2. The molecule has 15 heavy (non-hydrogen) atoms. The van der Waals surface area contributed by atoms with Crippen molar-refractivity contribution < 1.29 is 19.8 Å². The van der Waals surface area contributed by atoms with Gasteiger partial charge in [-0.2, -0.15) is 0 Å². The van der Waals surface area contributed by atoms with Crippen LogP contribution in [-0.4, -0.2) is 28.4 Å². The Hall–Kier alpha value is -2.17. The first-order valence-electron chi connectivity index (χ1n) is 4.16. The van der Waals surface area contributed by atoms with Crippen molar-refractivity contribution in [3.63, 3.8) is 0 Å². The lowest BCUT2D eigenvalue weighted by molar-refractivity contribution is -0.150. The highest BCUT2D eigenvalue weighted by atomic mass is 16.4. The number of carboxylic acid groups (broad SMARTS) is 2. The van der Waals surface area contributed by atoms with Crippen molar-refractivity contribution in [3.05, 3.63) is 30.3 Å².